The largest absolute Gasteiger partial charge is 0.257 e. The van der Waals surface area contributed by atoms with E-state index in [0.29, 0.717) is 0 Å². The summed E-state index contributed by atoms with van der Waals surface area (Å²) < 4.78 is 0. The van der Waals surface area contributed by atoms with Gasteiger partial charge in [-0.05, 0) is 69.7 Å². The zero-order chi connectivity index (χ0) is 32.3. The van der Waals surface area contributed by atoms with Crippen molar-refractivity contribution in [3.63, 3.8) is 0 Å². The highest BCUT2D eigenvalue weighted by Crippen LogP contribution is 2.37. The Balaban J connectivity index is 1.40. The third kappa shape index (κ3) is 10.7. The molecular formula is C43H60N2. The quantitative estimate of drug-likeness (QED) is 0.158. The first-order chi connectivity index (χ1) is 21.5. The molecule has 1 aliphatic heterocycles. The van der Waals surface area contributed by atoms with Crippen LogP contribution in [0.25, 0.3) is 6.08 Å². The van der Waals surface area contributed by atoms with Gasteiger partial charge in [0.15, 0.2) is 0 Å². The molecule has 0 bridgehead atoms. The Labute approximate surface area is 276 Å². The number of nitrogens with zero attached hydrogens (tertiary/aromatic N) is 2. The first-order valence-corrected chi connectivity index (χ1v) is 17.9. The van der Waals surface area contributed by atoms with Crippen LogP contribution >= 0.6 is 0 Å². The van der Waals surface area contributed by atoms with Crippen LogP contribution in [0.5, 0.6) is 0 Å². The van der Waals surface area contributed by atoms with Gasteiger partial charge >= 0.3 is 0 Å². The number of anilines is 1. The summed E-state index contributed by atoms with van der Waals surface area (Å²) in [5.74, 6) is 0. The maximum atomic E-state index is 5.18. The molecule has 3 aromatic carbocycles. The van der Waals surface area contributed by atoms with Crippen molar-refractivity contribution in [3.8, 4) is 0 Å². The summed E-state index contributed by atoms with van der Waals surface area (Å²) >= 11 is 0. The van der Waals surface area contributed by atoms with E-state index in [1.807, 2.05) is 0 Å². The second kappa shape index (κ2) is 16.4. The molecule has 1 unspecified atom stereocenters. The first kappa shape index (κ1) is 34.7. The van der Waals surface area contributed by atoms with Gasteiger partial charge in [-0.3, -0.25) is 5.01 Å². The van der Waals surface area contributed by atoms with E-state index in [1.54, 1.807) is 0 Å². The van der Waals surface area contributed by atoms with Crippen molar-refractivity contribution in [2.45, 2.75) is 142 Å². The molecule has 0 amide bonds. The van der Waals surface area contributed by atoms with E-state index in [0.717, 1.165) is 12.1 Å². The third-order valence-corrected chi connectivity index (χ3v) is 9.36. The smallest absolute Gasteiger partial charge is 0.0831 e. The van der Waals surface area contributed by atoms with Crippen LogP contribution in [0.15, 0.2) is 84.0 Å². The van der Waals surface area contributed by atoms with Gasteiger partial charge in [-0.25, -0.2) is 0 Å². The zero-order valence-corrected chi connectivity index (χ0v) is 29.5. The average molecular weight is 605 g/mol. The monoisotopic (exact) mass is 604 g/mol. The first-order valence-electron chi connectivity index (χ1n) is 17.9. The fraction of sp³-hybridized carbons (Fsp3) is 0.512. The summed E-state index contributed by atoms with van der Waals surface area (Å²) in [7, 11) is 0. The number of rotatable bonds is 15. The van der Waals surface area contributed by atoms with Crippen molar-refractivity contribution in [3.05, 3.63) is 107 Å². The van der Waals surface area contributed by atoms with Crippen LogP contribution in [0.1, 0.15) is 153 Å². The lowest BCUT2D eigenvalue weighted by Crippen LogP contribution is -2.19. The minimum atomic E-state index is 0.144. The lowest BCUT2D eigenvalue weighted by Gasteiger charge is -2.25. The highest BCUT2D eigenvalue weighted by atomic mass is 15.5. The van der Waals surface area contributed by atoms with Gasteiger partial charge < -0.3 is 0 Å². The van der Waals surface area contributed by atoms with Crippen LogP contribution in [-0.4, -0.2) is 5.71 Å². The molecule has 1 heterocycles. The molecule has 2 nitrogen and oxygen atoms in total. The van der Waals surface area contributed by atoms with Gasteiger partial charge in [-0.1, -0.05) is 173 Å². The topological polar surface area (TPSA) is 15.6 Å². The average Bonchev–Trinajstić information content (AvgIpc) is 3.45. The van der Waals surface area contributed by atoms with Crippen LogP contribution in [0.4, 0.5) is 5.69 Å². The third-order valence-electron chi connectivity index (χ3n) is 9.36. The van der Waals surface area contributed by atoms with Crippen LogP contribution in [-0.2, 0) is 17.3 Å². The fourth-order valence-electron chi connectivity index (χ4n) is 6.26. The number of hydrogen-bond donors (Lipinski definition) is 0. The van der Waals surface area contributed by atoms with Crippen molar-refractivity contribution in [1.29, 1.82) is 0 Å². The van der Waals surface area contributed by atoms with E-state index in [-0.39, 0.29) is 16.9 Å². The summed E-state index contributed by atoms with van der Waals surface area (Å²) in [4.78, 5) is 0. The Bertz CT molecular complexity index is 1350. The van der Waals surface area contributed by atoms with E-state index in [9.17, 15) is 0 Å². The zero-order valence-electron chi connectivity index (χ0n) is 29.5. The molecule has 1 aliphatic rings. The molecule has 4 rings (SSSR count). The lowest BCUT2D eigenvalue weighted by molar-refractivity contribution is 0.556. The SMILES string of the molecule is CCCCCCCCCCCCc1ccc(N2N=C(C=Cc3ccc(C(C)(C)C)cc3)CC2c2ccc(C(C)(C)C)cc2)cc1. The fourth-order valence-corrected chi connectivity index (χ4v) is 6.26. The minimum Gasteiger partial charge on any atom is -0.257 e. The molecule has 0 radical (unpaired) electrons. The lowest BCUT2D eigenvalue weighted by atomic mass is 9.86. The maximum absolute atomic E-state index is 5.18. The van der Waals surface area contributed by atoms with Gasteiger partial charge in [0.2, 0.25) is 0 Å². The Morgan fingerprint density at radius 3 is 1.67 bits per heavy atom. The van der Waals surface area contributed by atoms with Gasteiger partial charge in [-0.15, -0.1) is 0 Å². The van der Waals surface area contributed by atoms with Crippen LogP contribution in [0.3, 0.4) is 0 Å². The molecule has 0 fully saturated rings. The highest BCUT2D eigenvalue weighted by Gasteiger charge is 2.28. The molecule has 0 saturated carbocycles. The van der Waals surface area contributed by atoms with E-state index in [2.05, 4.69) is 138 Å². The van der Waals surface area contributed by atoms with Crippen molar-refractivity contribution >= 4 is 17.5 Å². The van der Waals surface area contributed by atoms with E-state index in [4.69, 9.17) is 5.10 Å². The molecule has 1 atom stereocenters. The van der Waals surface area contributed by atoms with Crippen molar-refractivity contribution in [1.82, 2.24) is 0 Å². The van der Waals surface area contributed by atoms with Crippen molar-refractivity contribution < 1.29 is 0 Å². The van der Waals surface area contributed by atoms with Gasteiger partial charge in [0, 0.05) is 6.42 Å². The molecular weight excluding hydrogens is 544 g/mol. The summed E-state index contributed by atoms with van der Waals surface area (Å²) in [6, 6.07) is 27.6. The van der Waals surface area contributed by atoms with Gasteiger partial charge in [0.1, 0.15) is 0 Å². The summed E-state index contributed by atoms with van der Waals surface area (Å²) in [5.41, 5.74) is 9.30. The Morgan fingerprint density at radius 1 is 0.622 bits per heavy atom. The second-order valence-electron chi connectivity index (χ2n) is 15.3. The van der Waals surface area contributed by atoms with Gasteiger partial charge in [0.25, 0.3) is 0 Å². The number of hydrogen-bond acceptors (Lipinski definition) is 2. The Morgan fingerprint density at radius 2 is 1.13 bits per heavy atom. The van der Waals surface area contributed by atoms with Crippen molar-refractivity contribution in [2.24, 2.45) is 5.10 Å². The molecule has 242 valence electrons. The number of hydrazone groups is 1. The van der Waals surface area contributed by atoms with Gasteiger partial charge in [0.05, 0.1) is 17.4 Å². The van der Waals surface area contributed by atoms with Crippen LogP contribution < -0.4 is 5.01 Å². The van der Waals surface area contributed by atoms with E-state index >= 15 is 0 Å². The molecule has 2 heteroatoms. The summed E-state index contributed by atoms with van der Waals surface area (Å²) in [6.07, 6.45) is 20.3. The summed E-state index contributed by atoms with van der Waals surface area (Å²) in [5, 5.41) is 7.43. The minimum absolute atomic E-state index is 0.144. The Kier molecular flexibility index (Phi) is 12.7. The highest BCUT2D eigenvalue weighted by molar-refractivity contribution is 6.01. The second-order valence-corrected chi connectivity index (χ2v) is 15.3. The summed E-state index contributed by atoms with van der Waals surface area (Å²) in [6.45, 7) is 15.9. The molecule has 0 spiro atoms. The maximum Gasteiger partial charge on any atom is 0.0831 e. The number of aryl methyl sites for hydroxylation is 1. The van der Waals surface area contributed by atoms with E-state index < -0.39 is 0 Å². The normalized spacial score (nSPS) is 15.7. The van der Waals surface area contributed by atoms with E-state index in [1.165, 1.54) is 104 Å². The molecule has 0 aromatic heterocycles. The molecule has 0 N–H and O–H groups in total. The molecule has 45 heavy (non-hydrogen) atoms. The van der Waals surface area contributed by atoms with Crippen LogP contribution in [0, 0.1) is 0 Å². The standard InChI is InChI=1S/C43H60N2/c1-8-9-10-11-12-13-14-15-16-17-18-34-22-31-40(32-23-34)45-41(36-24-28-38(29-25-36)43(5,6)7)33-39(44-45)30-21-35-19-26-37(27-20-35)42(2,3)4/h19-32,41H,8-18,33H2,1-7H3. The van der Waals surface area contributed by atoms with Crippen molar-refractivity contribution in [2.75, 3.05) is 5.01 Å². The Hall–Kier alpha value is -3.13. The predicted molar refractivity (Wildman–Crippen MR) is 199 cm³/mol. The number of unbranched alkanes of at least 4 members (excludes halogenated alkanes) is 9. The number of benzene rings is 3. The number of allylic oxidation sites excluding steroid dienone is 1. The molecule has 3 aromatic rings. The molecule has 0 aliphatic carbocycles. The predicted octanol–water partition coefficient (Wildman–Crippen LogP) is 12.8. The van der Waals surface area contributed by atoms with Gasteiger partial charge in [-0.2, -0.15) is 5.10 Å². The molecule has 0 saturated heterocycles. The van der Waals surface area contributed by atoms with Crippen LogP contribution in [0.2, 0.25) is 0 Å².